The maximum atomic E-state index is 11.9. The van der Waals surface area contributed by atoms with E-state index in [-0.39, 0.29) is 6.54 Å². The molecule has 0 saturated heterocycles. The van der Waals surface area contributed by atoms with Crippen LogP contribution in [0, 0.1) is 0 Å². The Kier molecular flexibility index (Phi) is 6.61. The third-order valence-corrected chi connectivity index (χ3v) is 2.79. The lowest BCUT2D eigenvalue weighted by molar-refractivity contribution is 0.0422. The third kappa shape index (κ3) is 7.08. The average molecular weight is 295 g/mol. The van der Waals surface area contributed by atoms with E-state index in [1.165, 1.54) is 0 Å². The molecule has 1 aromatic carbocycles. The second-order valence-electron chi connectivity index (χ2n) is 5.92. The maximum Gasteiger partial charge on any atom is 0.407 e. The fourth-order valence-electron chi connectivity index (χ4n) is 1.87. The molecule has 1 rings (SSSR count). The van der Waals surface area contributed by atoms with Gasteiger partial charge in [-0.2, -0.15) is 0 Å². The van der Waals surface area contributed by atoms with Gasteiger partial charge in [-0.25, -0.2) is 4.79 Å². The van der Waals surface area contributed by atoms with Crippen molar-refractivity contribution in [2.45, 2.75) is 44.9 Å². The molecule has 0 aliphatic carbocycles. The number of alkyl carbamates (subject to hydrolysis) is 1. The van der Waals surface area contributed by atoms with Crippen LogP contribution in [-0.2, 0) is 11.2 Å². The summed E-state index contributed by atoms with van der Waals surface area (Å²) >= 11 is 0. The topological polar surface area (TPSA) is 96.6 Å². The predicted octanol–water partition coefficient (Wildman–Crippen LogP) is 0.947. The van der Waals surface area contributed by atoms with Crippen molar-refractivity contribution in [1.82, 2.24) is 10.7 Å². The smallest absolute Gasteiger partial charge is 0.407 e. The number of hydrazine groups is 1. The zero-order valence-electron chi connectivity index (χ0n) is 12.8. The molecule has 1 amide bonds. The number of hydrogen-bond acceptors (Lipinski definition) is 5. The minimum atomic E-state index is -0.817. The molecule has 2 unspecified atom stereocenters. The minimum Gasteiger partial charge on any atom is -0.444 e. The van der Waals surface area contributed by atoms with Crippen LogP contribution < -0.4 is 16.6 Å². The van der Waals surface area contributed by atoms with Gasteiger partial charge in [0, 0.05) is 6.54 Å². The molecule has 0 aliphatic heterocycles. The highest BCUT2D eigenvalue weighted by Gasteiger charge is 2.24. The van der Waals surface area contributed by atoms with Crippen molar-refractivity contribution < 1.29 is 14.6 Å². The van der Waals surface area contributed by atoms with E-state index >= 15 is 0 Å². The summed E-state index contributed by atoms with van der Waals surface area (Å²) in [6.07, 6.45) is -0.884. The van der Waals surface area contributed by atoms with Crippen LogP contribution in [0.15, 0.2) is 30.3 Å². The summed E-state index contributed by atoms with van der Waals surface area (Å²) in [7, 11) is 0. The Morgan fingerprint density at radius 2 is 1.95 bits per heavy atom. The highest BCUT2D eigenvalue weighted by molar-refractivity contribution is 5.68. The summed E-state index contributed by atoms with van der Waals surface area (Å²) in [6.45, 7) is 5.54. The molecule has 21 heavy (non-hydrogen) atoms. The molecule has 0 fully saturated rings. The number of carbonyl (C=O) groups excluding carboxylic acids is 1. The van der Waals surface area contributed by atoms with E-state index in [2.05, 4.69) is 10.7 Å². The molecule has 0 spiro atoms. The molecule has 6 heteroatoms. The lowest BCUT2D eigenvalue weighted by Gasteiger charge is -2.26. The van der Waals surface area contributed by atoms with Gasteiger partial charge in [-0.05, 0) is 32.8 Å². The van der Waals surface area contributed by atoms with Crippen LogP contribution in [0.3, 0.4) is 0 Å². The van der Waals surface area contributed by atoms with Gasteiger partial charge in [0.1, 0.15) is 5.60 Å². The number of aliphatic hydroxyl groups is 1. The Hall–Kier alpha value is -1.63. The van der Waals surface area contributed by atoms with Crippen LogP contribution in [0.25, 0.3) is 0 Å². The van der Waals surface area contributed by atoms with Gasteiger partial charge in [-0.15, -0.1) is 0 Å². The minimum absolute atomic E-state index is 0.174. The van der Waals surface area contributed by atoms with Crippen LogP contribution in [0.4, 0.5) is 4.79 Å². The molecule has 0 heterocycles. The second kappa shape index (κ2) is 7.97. The maximum absolute atomic E-state index is 11.9. The van der Waals surface area contributed by atoms with Gasteiger partial charge in [0.25, 0.3) is 0 Å². The number of amides is 1. The van der Waals surface area contributed by atoms with E-state index < -0.39 is 23.8 Å². The highest BCUT2D eigenvalue weighted by Crippen LogP contribution is 2.10. The van der Waals surface area contributed by atoms with Crippen LogP contribution in [-0.4, -0.2) is 35.5 Å². The lowest BCUT2D eigenvalue weighted by Crippen LogP contribution is -2.50. The normalized spacial score (nSPS) is 14.3. The molecule has 0 aliphatic rings. The Labute approximate surface area is 125 Å². The van der Waals surface area contributed by atoms with Crippen molar-refractivity contribution in [2.24, 2.45) is 5.84 Å². The van der Waals surface area contributed by atoms with Crippen molar-refractivity contribution in [3.63, 3.8) is 0 Å². The molecule has 0 radical (unpaired) electrons. The molecule has 118 valence electrons. The SMILES string of the molecule is CC(C)(C)OC(=O)NC(Cc1ccccc1)C(O)CNN. The van der Waals surface area contributed by atoms with Gasteiger partial charge in [0.05, 0.1) is 12.1 Å². The van der Waals surface area contributed by atoms with Crippen LogP contribution in [0.1, 0.15) is 26.3 Å². The fraction of sp³-hybridized carbons (Fsp3) is 0.533. The molecule has 2 atom stereocenters. The molecular formula is C15H25N3O3. The van der Waals surface area contributed by atoms with Gasteiger partial charge in [0.2, 0.25) is 0 Å². The summed E-state index contributed by atoms with van der Waals surface area (Å²) in [4.78, 5) is 11.9. The highest BCUT2D eigenvalue weighted by atomic mass is 16.6. The molecule has 0 bridgehead atoms. The first kappa shape index (κ1) is 17.4. The van der Waals surface area contributed by atoms with Crippen molar-refractivity contribution in [3.8, 4) is 0 Å². The fourth-order valence-corrected chi connectivity index (χ4v) is 1.87. The number of benzene rings is 1. The van der Waals surface area contributed by atoms with Gasteiger partial charge < -0.3 is 15.2 Å². The van der Waals surface area contributed by atoms with Crippen LogP contribution in [0.5, 0.6) is 0 Å². The quantitative estimate of drug-likeness (QED) is 0.463. The van der Waals surface area contributed by atoms with E-state index in [0.717, 1.165) is 5.56 Å². The first-order valence-electron chi connectivity index (χ1n) is 6.97. The Morgan fingerprint density at radius 1 is 1.33 bits per heavy atom. The molecular weight excluding hydrogens is 270 g/mol. The molecule has 0 aromatic heterocycles. The molecule has 0 saturated carbocycles. The summed E-state index contributed by atoms with van der Waals surface area (Å²) in [5.41, 5.74) is 2.84. The summed E-state index contributed by atoms with van der Waals surface area (Å²) in [6, 6.07) is 9.12. The van der Waals surface area contributed by atoms with E-state index in [9.17, 15) is 9.90 Å². The summed E-state index contributed by atoms with van der Waals surface area (Å²) in [5.74, 6) is 5.24. The van der Waals surface area contributed by atoms with Crippen LogP contribution in [0.2, 0.25) is 0 Å². The Balaban J connectivity index is 2.71. The first-order chi connectivity index (χ1) is 9.81. The van der Waals surface area contributed by atoms with Crippen molar-refractivity contribution in [2.75, 3.05) is 6.54 Å². The summed E-state index contributed by atoms with van der Waals surface area (Å²) < 4.78 is 5.22. The second-order valence-corrected chi connectivity index (χ2v) is 5.92. The predicted molar refractivity (Wildman–Crippen MR) is 81.5 cm³/mol. The number of rotatable bonds is 6. The third-order valence-electron chi connectivity index (χ3n) is 2.79. The molecule has 6 nitrogen and oxygen atoms in total. The Morgan fingerprint density at radius 3 is 2.48 bits per heavy atom. The standard InChI is InChI=1S/C15H25N3O3/c1-15(2,3)21-14(20)18-12(13(19)10-17-16)9-11-7-5-4-6-8-11/h4-8,12-13,17,19H,9-10,16H2,1-3H3,(H,18,20). The Bertz CT molecular complexity index is 432. The number of hydrogen-bond donors (Lipinski definition) is 4. The van der Waals surface area contributed by atoms with Crippen molar-refractivity contribution in [3.05, 3.63) is 35.9 Å². The van der Waals surface area contributed by atoms with E-state index in [1.807, 2.05) is 30.3 Å². The van der Waals surface area contributed by atoms with Gasteiger partial charge in [-0.1, -0.05) is 30.3 Å². The number of nitrogens with one attached hydrogen (secondary N) is 2. The zero-order chi connectivity index (χ0) is 15.9. The monoisotopic (exact) mass is 295 g/mol. The van der Waals surface area contributed by atoms with Gasteiger partial charge in [0.15, 0.2) is 0 Å². The number of aliphatic hydroxyl groups excluding tert-OH is 1. The van der Waals surface area contributed by atoms with E-state index in [1.54, 1.807) is 20.8 Å². The van der Waals surface area contributed by atoms with E-state index in [0.29, 0.717) is 6.42 Å². The number of nitrogens with two attached hydrogens (primary N) is 1. The van der Waals surface area contributed by atoms with Gasteiger partial charge in [-0.3, -0.25) is 11.3 Å². The zero-order valence-corrected chi connectivity index (χ0v) is 12.8. The van der Waals surface area contributed by atoms with Crippen LogP contribution >= 0.6 is 0 Å². The molecule has 5 N–H and O–H groups in total. The van der Waals surface area contributed by atoms with Crippen molar-refractivity contribution in [1.29, 1.82) is 0 Å². The molecule has 1 aromatic rings. The lowest BCUT2D eigenvalue weighted by atomic mass is 10.0. The number of carbonyl (C=O) groups is 1. The average Bonchev–Trinajstić information content (AvgIpc) is 2.37. The number of ether oxygens (including phenoxy) is 1. The largest absolute Gasteiger partial charge is 0.444 e. The van der Waals surface area contributed by atoms with Gasteiger partial charge >= 0.3 is 6.09 Å². The van der Waals surface area contributed by atoms with E-state index in [4.69, 9.17) is 10.6 Å². The van der Waals surface area contributed by atoms with Crippen molar-refractivity contribution >= 4 is 6.09 Å². The summed E-state index contributed by atoms with van der Waals surface area (Å²) in [5, 5.41) is 12.8. The first-order valence-corrected chi connectivity index (χ1v) is 6.97.